The molecule has 17 nitrogen and oxygen atoms in total. The summed E-state index contributed by atoms with van der Waals surface area (Å²) in [5.41, 5.74) is 0. The van der Waals surface area contributed by atoms with Gasteiger partial charge in [0.25, 0.3) is 0 Å². The van der Waals surface area contributed by atoms with E-state index in [1.54, 1.807) is 0 Å². The first kappa shape index (κ1) is 80.1. The molecule has 0 saturated carbocycles. The van der Waals surface area contributed by atoms with Crippen LogP contribution in [0.3, 0.4) is 0 Å². The number of rotatable bonds is 60. The van der Waals surface area contributed by atoms with Crippen LogP contribution in [-0.2, 0) is 65.4 Å². The number of carbonyl (C=O) groups excluding carboxylic acids is 4. The van der Waals surface area contributed by atoms with Crippen molar-refractivity contribution in [2.75, 3.05) is 39.6 Å². The lowest BCUT2D eigenvalue weighted by Crippen LogP contribution is -2.30. The van der Waals surface area contributed by atoms with E-state index in [2.05, 4.69) is 55.4 Å². The molecule has 82 heavy (non-hydrogen) atoms. The molecule has 0 spiro atoms. The fourth-order valence-corrected chi connectivity index (χ4v) is 10.8. The number of phosphoric acid groups is 2. The molecule has 0 aromatic carbocycles. The van der Waals surface area contributed by atoms with Crippen LogP contribution in [0.5, 0.6) is 0 Å². The molecule has 0 fully saturated rings. The molecule has 0 heterocycles. The number of unbranched alkanes of at least 4 members (excludes halogenated alkanes) is 24. The Morgan fingerprint density at radius 1 is 0.341 bits per heavy atom. The molecule has 0 bridgehead atoms. The predicted molar refractivity (Wildman–Crippen MR) is 326 cm³/mol. The van der Waals surface area contributed by atoms with E-state index in [9.17, 15) is 43.2 Å². The van der Waals surface area contributed by atoms with E-state index in [0.29, 0.717) is 31.6 Å². The van der Waals surface area contributed by atoms with Crippen molar-refractivity contribution in [3.8, 4) is 0 Å². The highest BCUT2D eigenvalue weighted by atomic mass is 31.2. The second-order valence-electron chi connectivity index (χ2n) is 24.2. The number of ether oxygens (including phenoxy) is 4. The van der Waals surface area contributed by atoms with Crippen LogP contribution < -0.4 is 0 Å². The number of aliphatic hydroxyl groups excluding tert-OH is 1. The number of phosphoric ester groups is 2. The average Bonchev–Trinajstić information content (AvgIpc) is 3.44. The highest BCUT2D eigenvalue weighted by Gasteiger charge is 2.30. The molecule has 486 valence electrons. The third-order valence-electron chi connectivity index (χ3n) is 15.0. The molecule has 4 unspecified atom stereocenters. The maximum Gasteiger partial charge on any atom is 0.472 e. The van der Waals surface area contributed by atoms with Crippen LogP contribution in [0.2, 0.25) is 0 Å². The Bertz CT molecular complexity index is 1650. The molecule has 0 rings (SSSR count). The zero-order chi connectivity index (χ0) is 61.1. The van der Waals surface area contributed by atoms with Gasteiger partial charge in [0.15, 0.2) is 12.2 Å². The molecule has 0 aliphatic heterocycles. The molecule has 7 atom stereocenters. The van der Waals surface area contributed by atoms with Crippen molar-refractivity contribution >= 4 is 39.5 Å². The Kier molecular flexibility index (Phi) is 52.0. The third kappa shape index (κ3) is 54.7. The van der Waals surface area contributed by atoms with Gasteiger partial charge in [-0.3, -0.25) is 37.3 Å². The van der Waals surface area contributed by atoms with Gasteiger partial charge in [-0.25, -0.2) is 9.13 Å². The Morgan fingerprint density at radius 2 is 0.585 bits per heavy atom. The SMILES string of the molecule is CCC(C)CCCCCCCCC(=O)OC[C@H](COP(=O)(O)OC[C@H](O)COP(=O)(O)OC[C@@H](COC(=O)CCCCCCCCCCCCC(C)C)OC(=O)CCCCCCCCC(C)C)OC(=O)CCCCCCCCC(C)CC. The Labute approximate surface area is 498 Å². The van der Waals surface area contributed by atoms with Crippen LogP contribution in [0.4, 0.5) is 0 Å². The lowest BCUT2D eigenvalue weighted by atomic mass is 10.00. The molecular formula is C63H122O17P2. The predicted octanol–water partition coefficient (Wildman–Crippen LogP) is 17.0. The van der Waals surface area contributed by atoms with Crippen LogP contribution >= 0.6 is 15.6 Å². The first-order valence-corrected chi connectivity index (χ1v) is 35.8. The molecule has 0 saturated heterocycles. The second-order valence-corrected chi connectivity index (χ2v) is 27.1. The lowest BCUT2D eigenvalue weighted by Gasteiger charge is -2.21. The van der Waals surface area contributed by atoms with Crippen LogP contribution in [0.1, 0.15) is 299 Å². The summed E-state index contributed by atoms with van der Waals surface area (Å²) in [6.45, 7) is 13.9. The molecule has 3 N–H and O–H groups in total. The summed E-state index contributed by atoms with van der Waals surface area (Å²) in [7, 11) is -9.89. The molecule has 19 heteroatoms. The summed E-state index contributed by atoms with van der Waals surface area (Å²) in [4.78, 5) is 72.1. The van der Waals surface area contributed by atoms with Gasteiger partial charge in [0, 0.05) is 25.7 Å². The van der Waals surface area contributed by atoms with Crippen molar-refractivity contribution in [3.05, 3.63) is 0 Å². The van der Waals surface area contributed by atoms with E-state index >= 15 is 0 Å². The minimum Gasteiger partial charge on any atom is -0.462 e. The third-order valence-corrected chi connectivity index (χ3v) is 16.9. The van der Waals surface area contributed by atoms with Crippen molar-refractivity contribution in [3.63, 3.8) is 0 Å². The van der Waals surface area contributed by atoms with Crippen LogP contribution in [0, 0.1) is 23.7 Å². The monoisotopic (exact) mass is 1210 g/mol. The molecule has 0 amide bonds. The summed E-state index contributed by atoms with van der Waals surface area (Å²) >= 11 is 0. The van der Waals surface area contributed by atoms with Gasteiger partial charge in [-0.05, 0) is 49.4 Å². The van der Waals surface area contributed by atoms with E-state index in [0.717, 1.165) is 114 Å². The van der Waals surface area contributed by atoms with Crippen molar-refractivity contribution in [2.24, 2.45) is 23.7 Å². The van der Waals surface area contributed by atoms with E-state index in [1.165, 1.54) is 96.3 Å². The van der Waals surface area contributed by atoms with Gasteiger partial charge < -0.3 is 33.8 Å². The number of hydrogen-bond acceptors (Lipinski definition) is 15. The van der Waals surface area contributed by atoms with Gasteiger partial charge in [-0.1, -0.05) is 248 Å². The maximum absolute atomic E-state index is 12.9. The number of esters is 4. The van der Waals surface area contributed by atoms with Crippen molar-refractivity contribution < 1.29 is 80.2 Å². The quantitative estimate of drug-likeness (QED) is 0.0222. The molecule has 0 aromatic rings. The summed E-state index contributed by atoms with van der Waals surface area (Å²) < 4.78 is 67.9. The normalized spacial score (nSPS) is 15.1. The molecule has 0 aromatic heterocycles. The Morgan fingerprint density at radius 3 is 0.866 bits per heavy atom. The fraction of sp³-hybridized carbons (Fsp3) is 0.937. The van der Waals surface area contributed by atoms with Gasteiger partial charge in [0.1, 0.15) is 19.3 Å². The van der Waals surface area contributed by atoms with Crippen molar-refractivity contribution in [1.82, 2.24) is 0 Å². The van der Waals surface area contributed by atoms with Gasteiger partial charge in [-0.15, -0.1) is 0 Å². The highest BCUT2D eigenvalue weighted by Crippen LogP contribution is 2.45. The van der Waals surface area contributed by atoms with E-state index in [-0.39, 0.29) is 25.7 Å². The highest BCUT2D eigenvalue weighted by molar-refractivity contribution is 7.47. The maximum atomic E-state index is 12.9. The number of hydrogen-bond donors (Lipinski definition) is 3. The first-order valence-electron chi connectivity index (χ1n) is 32.8. The summed E-state index contributed by atoms with van der Waals surface area (Å²) in [6, 6.07) is 0. The van der Waals surface area contributed by atoms with E-state index in [4.69, 9.17) is 37.0 Å². The van der Waals surface area contributed by atoms with Crippen LogP contribution in [0.15, 0.2) is 0 Å². The van der Waals surface area contributed by atoms with Gasteiger partial charge in [0.05, 0.1) is 26.4 Å². The molecule has 0 aliphatic rings. The second kappa shape index (κ2) is 53.3. The minimum atomic E-state index is -4.94. The Hall–Kier alpha value is -1.94. The largest absolute Gasteiger partial charge is 0.472 e. The zero-order valence-electron chi connectivity index (χ0n) is 53.1. The lowest BCUT2D eigenvalue weighted by molar-refractivity contribution is -0.161. The molecule has 0 aliphatic carbocycles. The topological polar surface area (TPSA) is 237 Å². The Balaban J connectivity index is 5.24. The summed E-state index contributed by atoms with van der Waals surface area (Å²) in [5.74, 6) is 0.732. The molecular weight excluding hydrogens is 1090 g/mol. The van der Waals surface area contributed by atoms with Crippen LogP contribution in [-0.4, -0.2) is 96.7 Å². The number of carbonyl (C=O) groups is 4. The fourth-order valence-electron chi connectivity index (χ4n) is 9.19. The van der Waals surface area contributed by atoms with Crippen molar-refractivity contribution in [1.29, 1.82) is 0 Å². The first-order chi connectivity index (χ1) is 39.2. The molecule has 0 radical (unpaired) electrons. The van der Waals surface area contributed by atoms with Crippen LogP contribution in [0.25, 0.3) is 0 Å². The smallest absolute Gasteiger partial charge is 0.462 e. The summed E-state index contributed by atoms with van der Waals surface area (Å²) in [5, 5.41) is 10.5. The van der Waals surface area contributed by atoms with E-state index < -0.39 is 97.5 Å². The summed E-state index contributed by atoms with van der Waals surface area (Å²) in [6.07, 6.45) is 32.3. The van der Waals surface area contributed by atoms with Gasteiger partial charge in [-0.2, -0.15) is 0 Å². The minimum absolute atomic E-state index is 0.101. The standard InChI is InChI=1S/C63H122O17P2/c1-9-55(7)41-33-25-18-21-28-36-44-61(66)74-50-59(80-63(68)46-38-30-22-19-26-34-42-56(8)10-2)52-78-82(71,72)76-48-57(64)47-75-81(69,70)77-51-58(79-62(67)45-37-29-20-17-24-32-40-54(5)6)49-73-60(65)43-35-27-16-14-12-11-13-15-23-31-39-53(3)4/h53-59,64H,9-52H2,1-8H3,(H,69,70)(H,71,72)/t55?,56?,57-,58-,59-/m1/s1. The van der Waals surface area contributed by atoms with E-state index in [1.807, 2.05) is 0 Å². The zero-order valence-corrected chi connectivity index (χ0v) is 54.9. The van der Waals surface area contributed by atoms with Gasteiger partial charge >= 0.3 is 39.5 Å². The van der Waals surface area contributed by atoms with Gasteiger partial charge in [0.2, 0.25) is 0 Å². The van der Waals surface area contributed by atoms with Crippen molar-refractivity contribution in [2.45, 2.75) is 318 Å². The number of aliphatic hydroxyl groups is 1. The average molecular weight is 1210 g/mol.